The molecule has 0 saturated heterocycles. The van der Waals surface area contributed by atoms with Crippen LogP contribution in [0.5, 0.6) is 0 Å². The molecular formula is C17H28N9O6P. The van der Waals surface area contributed by atoms with E-state index in [-0.39, 0.29) is 18.6 Å². The molecule has 2 aliphatic rings. The molecule has 0 amide bonds. The van der Waals surface area contributed by atoms with E-state index in [9.17, 15) is 14.5 Å². The highest BCUT2D eigenvalue weighted by molar-refractivity contribution is 7.46. The first-order valence-electron chi connectivity index (χ1n) is 10.0. The van der Waals surface area contributed by atoms with Gasteiger partial charge in [0.2, 0.25) is 5.95 Å². The van der Waals surface area contributed by atoms with Crippen LogP contribution in [0.15, 0.2) is 18.1 Å². The van der Waals surface area contributed by atoms with Crippen LogP contribution < -0.4 is 28.3 Å². The van der Waals surface area contributed by atoms with Crippen LogP contribution in [0.4, 0.5) is 11.8 Å². The maximum atomic E-state index is 10.3. The van der Waals surface area contributed by atoms with Gasteiger partial charge in [0.25, 0.3) is 0 Å². The number of nitrogen functional groups attached to an aromatic ring is 1. The van der Waals surface area contributed by atoms with Crippen molar-refractivity contribution < 1.29 is 28.8 Å². The summed E-state index contributed by atoms with van der Waals surface area (Å²) in [5.41, 5.74) is 23.8. The fraction of sp³-hybridized carbons (Fsp3) is 0.529. The van der Waals surface area contributed by atoms with Crippen LogP contribution in [0.25, 0.3) is 11.2 Å². The van der Waals surface area contributed by atoms with Gasteiger partial charge in [-0.2, -0.15) is 9.97 Å². The number of carbonyl (C=O) groups excluding carboxylic acids is 1. The van der Waals surface area contributed by atoms with Crippen molar-refractivity contribution in [2.75, 3.05) is 17.7 Å². The number of carbonyl (C=O) groups is 1. The number of phosphoric acid groups is 1. The van der Waals surface area contributed by atoms with Crippen molar-refractivity contribution in [1.82, 2.24) is 19.5 Å². The van der Waals surface area contributed by atoms with Crippen molar-refractivity contribution in [2.45, 2.75) is 49.9 Å². The lowest BCUT2D eigenvalue weighted by molar-refractivity contribution is -0.136. The summed E-state index contributed by atoms with van der Waals surface area (Å²) in [7, 11) is -4.71. The molecule has 0 aromatic carbocycles. The Morgan fingerprint density at radius 2 is 2.06 bits per heavy atom. The zero-order valence-electron chi connectivity index (χ0n) is 17.8. The molecule has 0 bridgehead atoms. The monoisotopic (exact) mass is 485 g/mol. The minimum Gasteiger partial charge on any atom is -0.401 e. The van der Waals surface area contributed by atoms with Crippen LogP contribution in [0.2, 0.25) is 0 Å². The van der Waals surface area contributed by atoms with E-state index < -0.39 is 25.4 Å². The Morgan fingerprint density at radius 3 is 2.55 bits per heavy atom. The average molecular weight is 485 g/mol. The third-order valence-corrected chi connectivity index (χ3v) is 5.52. The van der Waals surface area contributed by atoms with Crippen molar-refractivity contribution in [3.8, 4) is 0 Å². The molecule has 33 heavy (non-hydrogen) atoms. The number of nitrogens with two attached hydrogens (primary N) is 4. The number of rotatable bonds is 6. The zero-order chi connectivity index (χ0) is 24.6. The number of anilines is 2. The molecule has 0 aliphatic heterocycles. The van der Waals surface area contributed by atoms with E-state index in [0.717, 1.165) is 12.8 Å². The summed E-state index contributed by atoms with van der Waals surface area (Å²) in [6.07, 6.45) is 6.26. The molecule has 0 unspecified atom stereocenters. The fourth-order valence-electron chi connectivity index (χ4n) is 3.16. The van der Waals surface area contributed by atoms with Gasteiger partial charge in [-0.25, -0.2) is 14.3 Å². The van der Waals surface area contributed by atoms with Gasteiger partial charge in [0.1, 0.15) is 6.04 Å². The van der Waals surface area contributed by atoms with Crippen LogP contribution in [0, 0.1) is 0 Å². The summed E-state index contributed by atoms with van der Waals surface area (Å²) in [6.45, 7) is 1.06. The molecule has 2 heterocycles. The van der Waals surface area contributed by atoms with Crippen molar-refractivity contribution in [1.29, 1.82) is 0 Å². The largest absolute Gasteiger partial charge is 0.527 e. The highest BCUT2D eigenvalue weighted by Gasteiger charge is 2.38. The van der Waals surface area contributed by atoms with E-state index in [1.54, 1.807) is 6.33 Å². The first kappa shape index (κ1) is 24.8. The summed E-state index contributed by atoms with van der Waals surface area (Å²) in [6, 6.07) is -0.710. The standard InChI is InChI=1S/C14H20N8O.C3H8NO5P/c15-9-3-8(4-14(9,17)5-23)22-6-18-10-11(19-7-1-2-7)20-13(16)21-12(10)22;1-2(4)3(5)9-10(6,7)8/h3,6-8,23H,1-2,4-5,15,17H2,(H3,16,19,20,21);2H,4H2,1H3,(H2,6,7,8)/t8-,14-;2-/m00/s1. The number of aliphatic hydroxyl groups excluding tert-OH is 1. The molecule has 1 saturated carbocycles. The quantitative estimate of drug-likeness (QED) is 0.215. The van der Waals surface area contributed by atoms with Gasteiger partial charge in [0.15, 0.2) is 17.0 Å². The molecule has 12 N–H and O–H groups in total. The van der Waals surface area contributed by atoms with Gasteiger partial charge < -0.3 is 42.4 Å². The number of aromatic nitrogens is 4. The number of nitrogens with zero attached hydrogens (tertiary/aromatic N) is 4. The Balaban J connectivity index is 0.000000262. The van der Waals surface area contributed by atoms with Crippen LogP contribution in [-0.2, 0) is 13.9 Å². The molecule has 16 heteroatoms. The molecule has 1 fully saturated rings. The molecule has 4 rings (SSSR count). The molecule has 2 aliphatic carbocycles. The second-order valence-corrected chi connectivity index (χ2v) is 9.23. The smallest absolute Gasteiger partial charge is 0.401 e. The number of hydrogen-bond acceptors (Lipinski definition) is 12. The summed E-state index contributed by atoms with van der Waals surface area (Å²) in [4.78, 5) is 39.4. The highest BCUT2D eigenvalue weighted by atomic mass is 31.2. The van der Waals surface area contributed by atoms with Gasteiger partial charge in [-0.05, 0) is 32.3 Å². The number of nitrogens with one attached hydrogen (secondary N) is 1. The lowest BCUT2D eigenvalue weighted by Crippen LogP contribution is -2.46. The number of imidazole rings is 1. The lowest BCUT2D eigenvalue weighted by Gasteiger charge is -2.23. The molecule has 182 valence electrons. The third-order valence-electron chi connectivity index (χ3n) is 5.10. The topological polar surface area (TPSA) is 264 Å². The summed E-state index contributed by atoms with van der Waals surface area (Å²) >= 11 is 0. The minimum absolute atomic E-state index is 0.125. The maximum Gasteiger partial charge on any atom is 0.527 e. The van der Waals surface area contributed by atoms with E-state index >= 15 is 0 Å². The molecule has 0 spiro atoms. The molecule has 0 radical (unpaired) electrons. The van der Waals surface area contributed by atoms with Crippen LogP contribution >= 0.6 is 7.82 Å². The number of aliphatic hydroxyl groups is 1. The lowest BCUT2D eigenvalue weighted by atomic mass is 9.98. The first-order chi connectivity index (χ1) is 15.3. The average Bonchev–Trinajstić information content (AvgIpc) is 3.33. The molecule has 2 aromatic heterocycles. The summed E-state index contributed by atoms with van der Waals surface area (Å²) < 4.78 is 15.4. The molecular weight excluding hydrogens is 457 g/mol. The van der Waals surface area contributed by atoms with Crippen LogP contribution in [-0.4, -0.2) is 64.6 Å². The Labute approximate surface area is 188 Å². The number of hydrogen-bond donors (Lipinski definition) is 8. The molecule has 15 nitrogen and oxygen atoms in total. The van der Waals surface area contributed by atoms with E-state index in [1.165, 1.54) is 6.92 Å². The molecule has 3 atom stereocenters. The van der Waals surface area contributed by atoms with E-state index in [0.29, 0.717) is 35.1 Å². The van der Waals surface area contributed by atoms with Crippen molar-refractivity contribution in [3.05, 3.63) is 18.1 Å². The zero-order valence-corrected chi connectivity index (χ0v) is 18.7. The number of allylic oxidation sites excluding steroid dienone is 1. The predicted molar refractivity (Wildman–Crippen MR) is 118 cm³/mol. The van der Waals surface area contributed by atoms with Crippen LogP contribution in [0.1, 0.15) is 32.2 Å². The molecule has 2 aromatic rings. The van der Waals surface area contributed by atoms with E-state index in [1.807, 2.05) is 10.6 Å². The number of fused-ring (bicyclic) bond motifs is 1. The van der Waals surface area contributed by atoms with Crippen LogP contribution in [0.3, 0.4) is 0 Å². The second kappa shape index (κ2) is 9.21. The first-order valence-corrected chi connectivity index (χ1v) is 11.5. The Bertz CT molecular complexity index is 1110. The normalized spacial score (nSPS) is 23.5. The number of phosphoric ester groups is 1. The van der Waals surface area contributed by atoms with Crippen molar-refractivity contribution in [3.63, 3.8) is 0 Å². The summed E-state index contributed by atoms with van der Waals surface area (Å²) in [5.74, 6) is -0.267. The van der Waals surface area contributed by atoms with Crippen molar-refractivity contribution in [2.24, 2.45) is 17.2 Å². The highest BCUT2D eigenvalue weighted by Crippen LogP contribution is 2.36. The van der Waals surface area contributed by atoms with Crippen molar-refractivity contribution >= 4 is 36.7 Å². The van der Waals surface area contributed by atoms with Gasteiger partial charge >= 0.3 is 13.8 Å². The Kier molecular flexibility index (Phi) is 6.93. The van der Waals surface area contributed by atoms with E-state index in [2.05, 4.69) is 24.8 Å². The van der Waals surface area contributed by atoms with Gasteiger partial charge in [0.05, 0.1) is 24.5 Å². The SMILES string of the molecule is C[C@H](N)C(=O)OP(=O)(O)O.NC1=C[C@H](n2cnc3c(NC4CC4)nc(N)nc32)C[C@]1(N)CO. The van der Waals surface area contributed by atoms with E-state index in [4.69, 9.17) is 32.7 Å². The second-order valence-electron chi connectivity index (χ2n) is 8.07. The van der Waals surface area contributed by atoms with Gasteiger partial charge in [-0.3, -0.25) is 9.79 Å². The van der Waals surface area contributed by atoms with Gasteiger partial charge in [-0.15, -0.1) is 0 Å². The Morgan fingerprint density at radius 1 is 1.39 bits per heavy atom. The maximum absolute atomic E-state index is 10.3. The van der Waals surface area contributed by atoms with Gasteiger partial charge in [-0.1, -0.05) is 0 Å². The summed E-state index contributed by atoms with van der Waals surface area (Å²) in [5, 5.41) is 12.8. The minimum atomic E-state index is -4.71. The Hall–Kier alpha value is -2.81. The fourth-order valence-corrected chi connectivity index (χ4v) is 3.56. The predicted octanol–water partition coefficient (Wildman–Crippen LogP) is -1.57. The third kappa shape index (κ3) is 5.96. The van der Waals surface area contributed by atoms with Gasteiger partial charge in [0, 0.05) is 11.7 Å².